The van der Waals surface area contributed by atoms with Crippen LogP contribution in [0.5, 0.6) is 5.75 Å². The minimum atomic E-state index is -0.310. The van der Waals surface area contributed by atoms with E-state index >= 15 is 0 Å². The fourth-order valence-corrected chi connectivity index (χ4v) is 2.11. The topological polar surface area (TPSA) is 98.6 Å². The van der Waals surface area contributed by atoms with Crippen LogP contribution in [-0.4, -0.2) is 41.6 Å². The maximum atomic E-state index is 12.0. The number of hydrogen-bond acceptors (Lipinski definition) is 4. The third-order valence-electron chi connectivity index (χ3n) is 3.32. The molecule has 0 aliphatic rings. The minimum absolute atomic E-state index is 0.0294. The second-order valence-electron chi connectivity index (χ2n) is 5.22. The second kappa shape index (κ2) is 9.92. The molecule has 1 aromatic heterocycles. The van der Waals surface area contributed by atoms with E-state index in [0.717, 1.165) is 12.2 Å². The molecule has 0 unspecified atom stereocenters. The fourth-order valence-electron chi connectivity index (χ4n) is 2.11. The number of amides is 1. The standard InChI is InChI=1S/C18H23N5O2/c1-2-19-18(23-13-14-7-5-6-10-20-14)22-12-11-21-17(25)15-8-3-4-9-16(15)24/h3-10,24H,2,11-13H2,1H3,(H,21,25)(H2,19,22,23). The summed E-state index contributed by atoms with van der Waals surface area (Å²) in [5.41, 5.74) is 1.14. The van der Waals surface area contributed by atoms with Gasteiger partial charge in [0.2, 0.25) is 0 Å². The Morgan fingerprint density at radius 1 is 1.08 bits per heavy atom. The first kappa shape index (κ1) is 18.3. The van der Waals surface area contributed by atoms with Crippen LogP contribution < -0.4 is 16.0 Å². The Morgan fingerprint density at radius 3 is 2.56 bits per heavy atom. The lowest BCUT2D eigenvalue weighted by Crippen LogP contribution is -2.41. The average molecular weight is 341 g/mol. The van der Waals surface area contributed by atoms with Crippen molar-refractivity contribution in [1.29, 1.82) is 0 Å². The number of carbonyl (C=O) groups is 1. The highest BCUT2D eigenvalue weighted by Crippen LogP contribution is 2.14. The number of nitrogens with zero attached hydrogens (tertiary/aromatic N) is 2. The van der Waals surface area contributed by atoms with Crippen LogP contribution in [0.1, 0.15) is 23.0 Å². The SMILES string of the molecule is CCNC(=NCc1ccccn1)NCCNC(=O)c1ccccc1O. The number of carbonyl (C=O) groups excluding carboxylic acids is 1. The van der Waals surface area contributed by atoms with Gasteiger partial charge in [0.25, 0.3) is 5.91 Å². The van der Waals surface area contributed by atoms with Crippen molar-refractivity contribution < 1.29 is 9.90 Å². The molecule has 4 N–H and O–H groups in total. The molecule has 0 bridgehead atoms. The van der Waals surface area contributed by atoms with Gasteiger partial charge in [-0.05, 0) is 31.2 Å². The summed E-state index contributed by atoms with van der Waals surface area (Å²) >= 11 is 0. The van der Waals surface area contributed by atoms with E-state index in [1.807, 2.05) is 25.1 Å². The molecule has 2 rings (SSSR count). The van der Waals surface area contributed by atoms with Crippen LogP contribution in [0, 0.1) is 0 Å². The molecule has 7 nitrogen and oxygen atoms in total. The number of aromatic nitrogens is 1. The van der Waals surface area contributed by atoms with Crippen LogP contribution in [0.3, 0.4) is 0 Å². The molecule has 0 atom stereocenters. The van der Waals surface area contributed by atoms with Crippen LogP contribution in [-0.2, 0) is 6.54 Å². The molecule has 7 heteroatoms. The van der Waals surface area contributed by atoms with E-state index in [2.05, 4.69) is 25.9 Å². The molecule has 0 aliphatic heterocycles. The number of aliphatic imine (C=N–C) groups is 1. The lowest BCUT2D eigenvalue weighted by atomic mass is 10.2. The molecule has 25 heavy (non-hydrogen) atoms. The molecule has 1 amide bonds. The number of hydrogen-bond donors (Lipinski definition) is 4. The molecule has 132 valence electrons. The lowest BCUT2D eigenvalue weighted by Gasteiger charge is -2.12. The van der Waals surface area contributed by atoms with Crippen LogP contribution in [0.4, 0.5) is 0 Å². The van der Waals surface area contributed by atoms with Gasteiger partial charge in [-0.25, -0.2) is 4.99 Å². The Balaban J connectivity index is 1.79. The lowest BCUT2D eigenvalue weighted by molar-refractivity contribution is 0.0951. The van der Waals surface area contributed by atoms with Crippen molar-refractivity contribution >= 4 is 11.9 Å². The molecule has 0 fully saturated rings. The Kier molecular flexibility index (Phi) is 7.24. The van der Waals surface area contributed by atoms with Gasteiger partial charge >= 0.3 is 0 Å². The Hall–Kier alpha value is -3.09. The fraction of sp³-hybridized carbons (Fsp3) is 0.278. The van der Waals surface area contributed by atoms with Gasteiger partial charge in [-0.2, -0.15) is 0 Å². The molecule has 2 aromatic rings. The van der Waals surface area contributed by atoms with Gasteiger partial charge in [0.05, 0.1) is 17.8 Å². The second-order valence-corrected chi connectivity index (χ2v) is 5.22. The predicted molar refractivity (Wildman–Crippen MR) is 97.5 cm³/mol. The quantitative estimate of drug-likeness (QED) is 0.345. The van der Waals surface area contributed by atoms with Crippen LogP contribution in [0.15, 0.2) is 53.7 Å². The minimum Gasteiger partial charge on any atom is -0.507 e. The Morgan fingerprint density at radius 2 is 1.84 bits per heavy atom. The van der Waals surface area contributed by atoms with Crippen molar-refractivity contribution in [3.8, 4) is 5.75 Å². The van der Waals surface area contributed by atoms with Crippen molar-refractivity contribution in [2.45, 2.75) is 13.5 Å². The Bertz CT molecular complexity index is 704. The Labute approximate surface area is 147 Å². The zero-order valence-corrected chi connectivity index (χ0v) is 14.2. The molecule has 0 saturated carbocycles. The smallest absolute Gasteiger partial charge is 0.255 e. The molecule has 0 radical (unpaired) electrons. The van der Waals surface area contributed by atoms with Gasteiger partial charge in [0.15, 0.2) is 5.96 Å². The number of nitrogens with one attached hydrogen (secondary N) is 3. The average Bonchev–Trinajstić information content (AvgIpc) is 2.64. The van der Waals surface area contributed by atoms with E-state index in [9.17, 15) is 9.90 Å². The molecule has 0 aliphatic carbocycles. The number of phenols is 1. The van der Waals surface area contributed by atoms with Crippen molar-refractivity contribution in [2.75, 3.05) is 19.6 Å². The number of aromatic hydroxyl groups is 1. The van der Waals surface area contributed by atoms with E-state index < -0.39 is 0 Å². The van der Waals surface area contributed by atoms with Crippen molar-refractivity contribution in [3.63, 3.8) is 0 Å². The first-order valence-corrected chi connectivity index (χ1v) is 8.19. The number of benzene rings is 1. The molecular weight excluding hydrogens is 318 g/mol. The van der Waals surface area contributed by atoms with Crippen molar-refractivity contribution in [3.05, 3.63) is 59.9 Å². The van der Waals surface area contributed by atoms with Crippen molar-refractivity contribution in [2.24, 2.45) is 4.99 Å². The van der Waals surface area contributed by atoms with E-state index in [1.165, 1.54) is 6.07 Å². The van der Waals surface area contributed by atoms with Crippen LogP contribution in [0.25, 0.3) is 0 Å². The summed E-state index contributed by atoms with van der Waals surface area (Å²) in [6, 6.07) is 12.2. The van der Waals surface area contributed by atoms with Gasteiger partial charge in [-0.1, -0.05) is 18.2 Å². The molecular formula is C18H23N5O2. The van der Waals surface area contributed by atoms with E-state index in [4.69, 9.17) is 0 Å². The number of phenolic OH excluding ortho intramolecular Hbond substituents is 1. The maximum Gasteiger partial charge on any atom is 0.255 e. The third-order valence-corrected chi connectivity index (χ3v) is 3.32. The number of pyridine rings is 1. The summed E-state index contributed by atoms with van der Waals surface area (Å²) < 4.78 is 0. The summed E-state index contributed by atoms with van der Waals surface area (Å²) in [5.74, 6) is 0.318. The van der Waals surface area contributed by atoms with Gasteiger partial charge in [-0.3, -0.25) is 9.78 Å². The number of guanidine groups is 1. The summed E-state index contributed by atoms with van der Waals surface area (Å²) in [4.78, 5) is 20.7. The zero-order valence-electron chi connectivity index (χ0n) is 14.2. The summed E-state index contributed by atoms with van der Waals surface area (Å²) in [5, 5.41) is 18.7. The van der Waals surface area contributed by atoms with Crippen LogP contribution >= 0.6 is 0 Å². The number of para-hydroxylation sites is 1. The molecule has 0 spiro atoms. The first-order valence-electron chi connectivity index (χ1n) is 8.19. The molecule has 1 heterocycles. The molecule has 1 aromatic carbocycles. The maximum absolute atomic E-state index is 12.0. The largest absolute Gasteiger partial charge is 0.507 e. The first-order chi connectivity index (χ1) is 12.2. The predicted octanol–water partition coefficient (Wildman–Crippen LogP) is 1.27. The monoisotopic (exact) mass is 341 g/mol. The normalized spacial score (nSPS) is 11.0. The van der Waals surface area contributed by atoms with Crippen molar-refractivity contribution in [1.82, 2.24) is 20.9 Å². The summed E-state index contributed by atoms with van der Waals surface area (Å²) in [6.45, 7) is 4.10. The van der Waals surface area contributed by atoms with Gasteiger partial charge in [0, 0.05) is 25.8 Å². The highest BCUT2D eigenvalue weighted by atomic mass is 16.3. The molecule has 0 saturated heterocycles. The number of rotatable bonds is 7. The highest BCUT2D eigenvalue weighted by Gasteiger charge is 2.09. The van der Waals surface area contributed by atoms with Crippen LogP contribution in [0.2, 0.25) is 0 Å². The van der Waals surface area contributed by atoms with E-state index in [1.54, 1.807) is 24.4 Å². The third kappa shape index (κ3) is 6.14. The van der Waals surface area contributed by atoms with Gasteiger partial charge < -0.3 is 21.1 Å². The summed E-state index contributed by atoms with van der Waals surface area (Å²) in [6.07, 6.45) is 1.74. The highest BCUT2D eigenvalue weighted by molar-refractivity contribution is 5.96. The van der Waals surface area contributed by atoms with Gasteiger partial charge in [0.1, 0.15) is 5.75 Å². The van der Waals surface area contributed by atoms with E-state index in [-0.39, 0.29) is 17.2 Å². The van der Waals surface area contributed by atoms with Gasteiger partial charge in [-0.15, -0.1) is 0 Å². The van der Waals surface area contributed by atoms with E-state index in [0.29, 0.717) is 25.6 Å². The zero-order chi connectivity index (χ0) is 17.9. The summed E-state index contributed by atoms with van der Waals surface area (Å²) in [7, 11) is 0.